The predicted octanol–water partition coefficient (Wildman–Crippen LogP) is 1.14. The van der Waals surface area contributed by atoms with Crippen LogP contribution in [0, 0.1) is 0 Å². The minimum Gasteiger partial charge on any atom is -0.368 e. The van der Waals surface area contributed by atoms with Crippen LogP contribution in [0.4, 0.5) is 0 Å². The van der Waals surface area contributed by atoms with Crippen molar-refractivity contribution in [3.05, 3.63) is 0 Å². The average Bonchev–Trinajstić information content (AvgIpc) is 2.16. The molecule has 1 aliphatic heterocycles. The molecule has 1 atom stereocenters. The zero-order valence-electron chi connectivity index (χ0n) is 5.94. The van der Waals surface area contributed by atoms with E-state index in [1.165, 1.54) is 0 Å². The van der Waals surface area contributed by atoms with E-state index in [0.29, 0.717) is 0 Å². The summed E-state index contributed by atoms with van der Waals surface area (Å²) >= 11 is 0. The fourth-order valence-electron chi connectivity index (χ4n) is 1.06. The van der Waals surface area contributed by atoms with E-state index < -0.39 is 5.60 Å². The Morgan fingerprint density at radius 2 is 2.33 bits per heavy atom. The maximum atomic E-state index is 10.8. The Balaban J connectivity index is 2.61. The summed E-state index contributed by atoms with van der Waals surface area (Å²) in [5, 5.41) is 0. The van der Waals surface area contributed by atoms with Crippen LogP contribution in [-0.4, -0.2) is 18.0 Å². The van der Waals surface area contributed by atoms with Crippen molar-refractivity contribution < 1.29 is 9.53 Å². The highest BCUT2D eigenvalue weighted by Crippen LogP contribution is 2.25. The van der Waals surface area contributed by atoms with E-state index in [2.05, 4.69) is 0 Å². The predicted molar refractivity (Wildman–Crippen MR) is 34.3 cm³/mol. The van der Waals surface area contributed by atoms with Gasteiger partial charge in [0.15, 0.2) is 5.78 Å². The molecule has 0 radical (unpaired) electrons. The van der Waals surface area contributed by atoms with Crippen molar-refractivity contribution in [2.45, 2.75) is 32.3 Å². The normalized spacial score (nSPS) is 34.9. The molecule has 0 spiro atoms. The van der Waals surface area contributed by atoms with Crippen LogP contribution in [0.5, 0.6) is 0 Å². The van der Waals surface area contributed by atoms with Crippen molar-refractivity contribution in [1.29, 1.82) is 0 Å². The first-order valence-corrected chi connectivity index (χ1v) is 3.30. The van der Waals surface area contributed by atoms with Gasteiger partial charge < -0.3 is 4.74 Å². The zero-order chi connectivity index (χ0) is 6.91. The molecule has 0 aromatic heterocycles. The molecule has 0 aliphatic carbocycles. The molecule has 0 aromatic rings. The highest BCUT2D eigenvalue weighted by Gasteiger charge is 2.34. The molecule has 1 saturated heterocycles. The van der Waals surface area contributed by atoms with Gasteiger partial charge in [-0.25, -0.2) is 0 Å². The van der Waals surface area contributed by atoms with E-state index in [9.17, 15) is 4.79 Å². The van der Waals surface area contributed by atoms with Crippen LogP contribution >= 0.6 is 0 Å². The van der Waals surface area contributed by atoms with Gasteiger partial charge in [0, 0.05) is 6.61 Å². The summed E-state index contributed by atoms with van der Waals surface area (Å²) in [6.07, 6.45) is 1.92. The van der Waals surface area contributed by atoms with E-state index in [1.807, 2.05) is 6.92 Å². The molecule has 2 nitrogen and oxygen atoms in total. The lowest BCUT2D eigenvalue weighted by Gasteiger charge is -2.18. The van der Waals surface area contributed by atoms with E-state index >= 15 is 0 Å². The van der Waals surface area contributed by atoms with Gasteiger partial charge >= 0.3 is 0 Å². The number of ether oxygens (including phenoxy) is 1. The number of rotatable bonds is 1. The lowest BCUT2D eigenvalue weighted by Crippen LogP contribution is -2.31. The molecule has 0 amide bonds. The third-order valence-electron chi connectivity index (χ3n) is 1.96. The second kappa shape index (κ2) is 2.10. The number of ketones is 1. The zero-order valence-corrected chi connectivity index (χ0v) is 5.94. The monoisotopic (exact) mass is 128 g/mol. The third kappa shape index (κ3) is 1.13. The van der Waals surface area contributed by atoms with Gasteiger partial charge in [-0.1, -0.05) is 0 Å². The van der Waals surface area contributed by atoms with Crippen LogP contribution in [0.15, 0.2) is 0 Å². The smallest absolute Gasteiger partial charge is 0.161 e. The second-order valence-electron chi connectivity index (χ2n) is 2.74. The van der Waals surface area contributed by atoms with Crippen LogP contribution in [0.1, 0.15) is 26.7 Å². The Morgan fingerprint density at radius 3 is 2.56 bits per heavy atom. The Labute approximate surface area is 55.2 Å². The molecule has 2 heteroatoms. The molecule has 9 heavy (non-hydrogen) atoms. The Hall–Kier alpha value is -0.370. The molecule has 1 rings (SSSR count). The van der Waals surface area contributed by atoms with Crippen LogP contribution < -0.4 is 0 Å². The molecule has 52 valence electrons. The maximum Gasteiger partial charge on any atom is 0.161 e. The van der Waals surface area contributed by atoms with Crippen LogP contribution in [0.25, 0.3) is 0 Å². The minimum atomic E-state index is -0.444. The van der Waals surface area contributed by atoms with E-state index in [0.717, 1.165) is 19.4 Å². The van der Waals surface area contributed by atoms with Crippen LogP contribution in [0.3, 0.4) is 0 Å². The fraction of sp³-hybridized carbons (Fsp3) is 0.857. The summed E-state index contributed by atoms with van der Waals surface area (Å²) < 4.78 is 5.25. The van der Waals surface area contributed by atoms with Gasteiger partial charge in [0.1, 0.15) is 5.60 Å². The van der Waals surface area contributed by atoms with Gasteiger partial charge in [-0.2, -0.15) is 0 Å². The summed E-state index contributed by atoms with van der Waals surface area (Å²) in [4.78, 5) is 10.8. The van der Waals surface area contributed by atoms with Gasteiger partial charge in [-0.05, 0) is 26.7 Å². The van der Waals surface area contributed by atoms with Gasteiger partial charge in [0.05, 0.1) is 0 Å². The molecule has 1 aliphatic rings. The summed E-state index contributed by atoms with van der Waals surface area (Å²) in [5.74, 6) is 0.153. The summed E-state index contributed by atoms with van der Waals surface area (Å²) in [7, 11) is 0. The quantitative estimate of drug-likeness (QED) is 0.529. The molecular weight excluding hydrogens is 116 g/mol. The lowest BCUT2D eigenvalue weighted by atomic mass is 9.99. The van der Waals surface area contributed by atoms with Crippen molar-refractivity contribution >= 4 is 5.78 Å². The van der Waals surface area contributed by atoms with Crippen LogP contribution in [-0.2, 0) is 9.53 Å². The molecule has 0 saturated carbocycles. The first-order valence-electron chi connectivity index (χ1n) is 3.30. The fourth-order valence-corrected chi connectivity index (χ4v) is 1.06. The number of hydrogen-bond donors (Lipinski definition) is 0. The standard InChI is InChI=1S/C7H12O2/c1-6(8)7(2)4-3-5-9-7/h3-5H2,1-2H3/t7-/m1/s1. The second-order valence-corrected chi connectivity index (χ2v) is 2.74. The Bertz CT molecular complexity index is 123. The first kappa shape index (κ1) is 6.75. The summed E-state index contributed by atoms with van der Waals surface area (Å²) in [5.41, 5.74) is -0.444. The Kier molecular flexibility index (Phi) is 1.58. The minimum absolute atomic E-state index is 0.153. The van der Waals surface area contributed by atoms with Gasteiger partial charge in [-0.15, -0.1) is 0 Å². The van der Waals surface area contributed by atoms with Gasteiger partial charge in [0.2, 0.25) is 0 Å². The van der Waals surface area contributed by atoms with Crippen LogP contribution in [0.2, 0.25) is 0 Å². The number of carbonyl (C=O) groups is 1. The van der Waals surface area contributed by atoms with E-state index in [4.69, 9.17) is 4.74 Å². The molecular formula is C7H12O2. The maximum absolute atomic E-state index is 10.8. The lowest BCUT2D eigenvalue weighted by molar-refractivity contribution is -0.134. The summed E-state index contributed by atoms with van der Waals surface area (Å²) in [6.45, 7) is 4.20. The van der Waals surface area contributed by atoms with Crippen molar-refractivity contribution in [3.8, 4) is 0 Å². The number of carbonyl (C=O) groups excluding carboxylic acids is 1. The van der Waals surface area contributed by atoms with E-state index in [1.54, 1.807) is 6.92 Å². The molecule has 1 heterocycles. The molecule has 0 bridgehead atoms. The van der Waals surface area contributed by atoms with Gasteiger partial charge in [0.25, 0.3) is 0 Å². The largest absolute Gasteiger partial charge is 0.368 e. The van der Waals surface area contributed by atoms with Gasteiger partial charge in [-0.3, -0.25) is 4.79 Å². The Morgan fingerprint density at radius 1 is 1.67 bits per heavy atom. The van der Waals surface area contributed by atoms with Crippen molar-refractivity contribution in [1.82, 2.24) is 0 Å². The highest BCUT2D eigenvalue weighted by molar-refractivity contribution is 5.84. The topological polar surface area (TPSA) is 26.3 Å². The van der Waals surface area contributed by atoms with Crippen molar-refractivity contribution in [3.63, 3.8) is 0 Å². The number of Topliss-reactive ketones (excluding diaryl/α,β-unsaturated/α-hetero) is 1. The third-order valence-corrected chi connectivity index (χ3v) is 1.96. The molecule has 0 N–H and O–H groups in total. The number of hydrogen-bond acceptors (Lipinski definition) is 2. The molecule has 0 aromatic carbocycles. The summed E-state index contributed by atoms with van der Waals surface area (Å²) in [6, 6.07) is 0. The van der Waals surface area contributed by atoms with Crippen molar-refractivity contribution in [2.24, 2.45) is 0 Å². The van der Waals surface area contributed by atoms with E-state index in [-0.39, 0.29) is 5.78 Å². The average molecular weight is 128 g/mol. The molecule has 0 unspecified atom stereocenters. The molecule has 1 fully saturated rings. The van der Waals surface area contributed by atoms with Crippen molar-refractivity contribution in [2.75, 3.05) is 6.61 Å². The first-order chi connectivity index (χ1) is 4.15. The highest BCUT2D eigenvalue weighted by atomic mass is 16.5. The SMILES string of the molecule is CC(=O)[C@@]1(C)CCCO1.